The van der Waals surface area contributed by atoms with Gasteiger partial charge < -0.3 is 5.73 Å². The maximum absolute atomic E-state index is 5.62. The van der Waals surface area contributed by atoms with Crippen molar-refractivity contribution in [2.45, 2.75) is 20.3 Å². The molecule has 13 heavy (non-hydrogen) atoms. The van der Waals surface area contributed by atoms with E-state index in [-0.39, 0.29) is 0 Å². The Labute approximate surface area is 85.1 Å². The second-order valence-electron chi connectivity index (χ2n) is 3.29. The number of thiol groups is 1. The lowest BCUT2D eigenvalue weighted by Gasteiger charge is -2.03. The van der Waals surface area contributed by atoms with Gasteiger partial charge in [-0.15, -0.1) is 12.6 Å². The molecule has 0 atom stereocenters. The van der Waals surface area contributed by atoms with Gasteiger partial charge in [0.05, 0.1) is 0 Å². The fourth-order valence-corrected chi connectivity index (χ4v) is 1.22. The average molecular weight is 193 g/mol. The minimum absolute atomic E-state index is 0.795. The predicted octanol–water partition coefficient (Wildman–Crippen LogP) is 2.66. The minimum atomic E-state index is 0.795. The molecule has 1 aromatic carbocycles. The van der Waals surface area contributed by atoms with Crippen LogP contribution < -0.4 is 5.73 Å². The Balaban J connectivity index is 2.76. The second-order valence-corrected chi connectivity index (χ2v) is 3.83. The molecule has 0 aromatic heterocycles. The highest BCUT2D eigenvalue weighted by atomic mass is 32.1. The molecule has 0 radical (unpaired) electrons. The third-order valence-electron chi connectivity index (χ3n) is 1.95. The molecule has 1 nitrogen and oxygen atoms in total. The summed E-state index contributed by atoms with van der Waals surface area (Å²) in [6.45, 7) is 3.95. The molecule has 1 aromatic rings. The standard InChI is InChI=1S/C11H15NS/c1-8-3-5-10(6-4-8)7-11(13)9(2)12/h3-6,13H,7,12H2,1-2H3/b11-9-. The zero-order chi connectivity index (χ0) is 9.84. The highest BCUT2D eigenvalue weighted by Gasteiger charge is 1.97. The molecule has 0 aliphatic carbocycles. The van der Waals surface area contributed by atoms with Gasteiger partial charge in [0.15, 0.2) is 0 Å². The van der Waals surface area contributed by atoms with Gasteiger partial charge in [0.25, 0.3) is 0 Å². The molecule has 2 N–H and O–H groups in total. The number of rotatable bonds is 2. The maximum atomic E-state index is 5.62. The molecule has 0 bridgehead atoms. The summed E-state index contributed by atoms with van der Waals surface area (Å²) in [6, 6.07) is 8.41. The largest absolute Gasteiger partial charge is 0.402 e. The number of hydrogen-bond acceptors (Lipinski definition) is 2. The van der Waals surface area contributed by atoms with Crippen molar-refractivity contribution in [1.29, 1.82) is 0 Å². The van der Waals surface area contributed by atoms with E-state index in [2.05, 4.69) is 43.8 Å². The normalized spacial score (nSPS) is 12.5. The first-order valence-electron chi connectivity index (χ1n) is 4.29. The molecular weight excluding hydrogens is 178 g/mol. The van der Waals surface area contributed by atoms with E-state index in [0.717, 1.165) is 17.0 Å². The number of allylic oxidation sites excluding steroid dienone is 2. The third kappa shape index (κ3) is 3.15. The van der Waals surface area contributed by atoms with Crippen LogP contribution >= 0.6 is 12.6 Å². The molecule has 0 unspecified atom stereocenters. The summed E-state index contributed by atoms with van der Waals surface area (Å²) in [5.74, 6) is 0. The molecule has 0 aliphatic rings. The van der Waals surface area contributed by atoms with Crippen molar-refractivity contribution in [2.75, 3.05) is 0 Å². The molecule has 0 amide bonds. The highest BCUT2D eigenvalue weighted by Crippen LogP contribution is 2.13. The first-order chi connectivity index (χ1) is 6.09. The van der Waals surface area contributed by atoms with Crippen molar-refractivity contribution in [3.05, 3.63) is 46.0 Å². The van der Waals surface area contributed by atoms with Crippen molar-refractivity contribution in [3.63, 3.8) is 0 Å². The van der Waals surface area contributed by atoms with E-state index in [1.54, 1.807) is 0 Å². The van der Waals surface area contributed by atoms with Crippen LogP contribution in [0.2, 0.25) is 0 Å². The smallest absolute Gasteiger partial charge is 0.0146 e. The van der Waals surface area contributed by atoms with Crippen LogP contribution in [0.3, 0.4) is 0 Å². The van der Waals surface area contributed by atoms with E-state index in [1.165, 1.54) is 11.1 Å². The summed E-state index contributed by atoms with van der Waals surface area (Å²) in [4.78, 5) is 0.948. The Morgan fingerprint density at radius 3 is 2.31 bits per heavy atom. The number of nitrogens with two attached hydrogens (primary N) is 1. The minimum Gasteiger partial charge on any atom is -0.402 e. The second kappa shape index (κ2) is 4.38. The Kier molecular flexibility index (Phi) is 3.43. The van der Waals surface area contributed by atoms with Crippen LogP contribution in [-0.2, 0) is 6.42 Å². The van der Waals surface area contributed by atoms with E-state index in [1.807, 2.05) is 6.92 Å². The summed E-state index contributed by atoms with van der Waals surface area (Å²) in [5.41, 5.74) is 8.94. The van der Waals surface area contributed by atoms with E-state index in [9.17, 15) is 0 Å². The monoisotopic (exact) mass is 193 g/mol. The van der Waals surface area contributed by atoms with Crippen molar-refractivity contribution in [2.24, 2.45) is 5.73 Å². The van der Waals surface area contributed by atoms with Crippen LogP contribution in [0.4, 0.5) is 0 Å². The van der Waals surface area contributed by atoms with E-state index < -0.39 is 0 Å². The van der Waals surface area contributed by atoms with Crippen molar-refractivity contribution in [3.8, 4) is 0 Å². The fourth-order valence-electron chi connectivity index (χ4n) is 1.04. The van der Waals surface area contributed by atoms with Crippen molar-refractivity contribution in [1.82, 2.24) is 0 Å². The Bertz CT molecular complexity index is 307. The van der Waals surface area contributed by atoms with Gasteiger partial charge in [0.2, 0.25) is 0 Å². The summed E-state index contributed by atoms with van der Waals surface area (Å²) < 4.78 is 0. The summed E-state index contributed by atoms with van der Waals surface area (Å²) >= 11 is 4.32. The topological polar surface area (TPSA) is 26.0 Å². The van der Waals surface area contributed by atoms with Crippen LogP contribution in [-0.4, -0.2) is 0 Å². The lowest BCUT2D eigenvalue weighted by Crippen LogP contribution is -1.96. The van der Waals surface area contributed by atoms with Gasteiger partial charge in [-0.3, -0.25) is 0 Å². The van der Waals surface area contributed by atoms with Crippen LogP contribution in [0.1, 0.15) is 18.1 Å². The molecule has 0 saturated heterocycles. The van der Waals surface area contributed by atoms with Crippen LogP contribution in [0.15, 0.2) is 34.9 Å². The third-order valence-corrected chi connectivity index (χ3v) is 2.46. The lowest BCUT2D eigenvalue weighted by molar-refractivity contribution is 1.17. The molecule has 0 fully saturated rings. The quantitative estimate of drug-likeness (QED) is 0.694. The Morgan fingerprint density at radius 1 is 1.31 bits per heavy atom. The summed E-state index contributed by atoms with van der Waals surface area (Å²) in [6.07, 6.45) is 0.825. The molecule has 0 spiro atoms. The van der Waals surface area contributed by atoms with Gasteiger partial charge in [-0.05, 0) is 19.4 Å². The highest BCUT2D eigenvalue weighted by molar-refractivity contribution is 7.84. The summed E-state index contributed by atoms with van der Waals surface area (Å²) in [7, 11) is 0. The fraction of sp³-hybridized carbons (Fsp3) is 0.273. The van der Waals surface area contributed by atoms with Gasteiger partial charge in [-0.25, -0.2) is 0 Å². The Morgan fingerprint density at radius 2 is 1.85 bits per heavy atom. The lowest BCUT2D eigenvalue weighted by atomic mass is 10.1. The van der Waals surface area contributed by atoms with E-state index in [0.29, 0.717) is 0 Å². The first-order valence-corrected chi connectivity index (χ1v) is 4.74. The number of benzene rings is 1. The number of aryl methyl sites for hydroxylation is 1. The predicted molar refractivity (Wildman–Crippen MR) is 60.8 cm³/mol. The average Bonchev–Trinajstić information content (AvgIpc) is 2.08. The van der Waals surface area contributed by atoms with Crippen LogP contribution in [0, 0.1) is 6.92 Å². The van der Waals surface area contributed by atoms with Gasteiger partial charge in [0, 0.05) is 17.0 Å². The Hall–Kier alpha value is -0.890. The van der Waals surface area contributed by atoms with Gasteiger partial charge in [0.1, 0.15) is 0 Å². The summed E-state index contributed by atoms with van der Waals surface area (Å²) in [5, 5.41) is 0. The molecule has 70 valence electrons. The molecule has 0 heterocycles. The molecule has 0 saturated carbocycles. The van der Waals surface area contributed by atoms with Crippen molar-refractivity contribution >= 4 is 12.6 Å². The maximum Gasteiger partial charge on any atom is 0.0146 e. The zero-order valence-corrected chi connectivity index (χ0v) is 8.94. The van der Waals surface area contributed by atoms with E-state index in [4.69, 9.17) is 5.73 Å². The van der Waals surface area contributed by atoms with Crippen molar-refractivity contribution < 1.29 is 0 Å². The van der Waals surface area contributed by atoms with Gasteiger partial charge >= 0.3 is 0 Å². The number of hydrogen-bond donors (Lipinski definition) is 2. The molecule has 2 heteroatoms. The molecule has 1 rings (SSSR count). The molecular formula is C11H15NS. The molecule has 0 aliphatic heterocycles. The van der Waals surface area contributed by atoms with Gasteiger partial charge in [-0.2, -0.15) is 0 Å². The van der Waals surface area contributed by atoms with Crippen LogP contribution in [0.25, 0.3) is 0 Å². The first kappa shape index (κ1) is 10.2. The van der Waals surface area contributed by atoms with E-state index >= 15 is 0 Å². The van der Waals surface area contributed by atoms with Gasteiger partial charge in [-0.1, -0.05) is 29.8 Å². The zero-order valence-electron chi connectivity index (χ0n) is 8.04. The van der Waals surface area contributed by atoms with Crippen LogP contribution in [0.5, 0.6) is 0 Å². The SMILES string of the molecule is C/C(N)=C(/S)Cc1ccc(C)cc1.